The molecule has 2 amide bonds. The first-order valence-electron chi connectivity index (χ1n) is 10.6. The highest BCUT2D eigenvalue weighted by Crippen LogP contribution is 2.29. The number of rotatable bonds is 5. The van der Waals surface area contributed by atoms with Crippen LogP contribution in [0, 0.1) is 5.92 Å². The maximum absolute atomic E-state index is 13.0. The summed E-state index contributed by atoms with van der Waals surface area (Å²) in [6, 6.07) is 13.1. The van der Waals surface area contributed by atoms with E-state index < -0.39 is 0 Å². The predicted molar refractivity (Wildman–Crippen MR) is 117 cm³/mol. The molecule has 0 atom stereocenters. The van der Waals surface area contributed by atoms with Crippen LogP contribution in [-0.2, 0) is 17.8 Å². The SMILES string of the molecule is CC1CCN(C(=O)COc2cccc3c2CCN(Cc2ccc(Cl)cc2)C3=O)CC1. The molecule has 6 heteroatoms. The number of likely N-dealkylation sites (tertiary alicyclic amines) is 1. The number of nitrogens with zero attached hydrogens (tertiary/aromatic N) is 2. The second-order valence-electron chi connectivity index (χ2n) is 8.24. The zero-order valence-electron chi connectivity index (χ0n) is 17.3. The maximum atomic E-state index is 13.0. The summed E-state index contributed by atoms with van der Waals surface area (Å²) in [6.07, 6.45) is 2.80. The van der Waals surface area contributed by atoms with E-state index in [1.165, 1.54) is 0 Å². The summed E-state index contributed by atoms with van der Waals surface area (Å²) < 4.78 is 5.88. The topological polar surface area (TPSA) is 49.9 Å². The number of carbonyl (C=O) groups excluding carboxylic acids is 2. The number of fused-ring (bicyclic) bond motifs is 1. The molecule has 0 radical (unpaired) electrons. The quantitative estimate of drug-likeness (QED) is 0.720. The van der Waals surface area contributed by atoms with Crippen molar-refractivity contribution in [1.82, 2.24) is 9.80 Å². The minimum Gasteiger partial charge on any atom is -0.483 e. The maximum Gasteiger partial charge on any atom is 0.260 e. The van der Waals surface area contributed by atoms with Crippen molar-refractivity contribution in [2.45, 2.75) is 32.7 Å². The highest BCUT2D eigenvalue weighted by Gasteiger charge is 2.27. The summed E-state index contributed by atoms with van der Waals surface area (Å²) in [6.45, 7) is 5.01. The number of piperidine rings is 1. The summed E-state index contributed by atoms with van der Waals surface area (Å²) in [4.78, 5) is 29.3. The Balaban J connectivity index is 1.41. The molecule has 0 saturated carbocycles. The fourth-order valence-corrected chi connectivity index (χ4v) is 4.25. The molecule has 0 spiro atoms. The zero-order chi connectivity index (χ0) is 21.1. The van der Waals surface area contributed by atoms with Gasteiger partial charge in [-0.2, -0.15) is 0 Å². The Morgan fingerprint density at radius 3 is 2.57 bits per heavy atom. The molecule has 5 nitrogen and oxygen atoms in total. The smallest absolute Gasteiger partial charge is 0.260 e. The van der Waals surface area contributed by atoms with Crippen molar-refractivity contribution in [2.24, 2.45) is 5.92 Å². The largest absolute Gasteiger partial charge is 0.483 e. The Hall–Kier alpha value is -2.53. The highest BCUT2D eigenvalue weighted by atomic mass is 35.5. The minimum absolute atomic E-state index is 0.00649. The standard InChI is InChI=1S/C24H27ClN2O3/c1-17-9-12-26(13-10-17)23(28)16-30-22-4-2-3-21-20(22)11-14-27(24(21)29)15-18-5-7-19(25)8-6-18/h2-8,17H,9-16H2,1H3. The van der Waals surface area contributed by atoms with E-state index in [2.05, 4.69) is 6.92 Å². The van der Waals surface area contributed by atoms with Gasteiger partial charge >= 0.3 is 0 Å². The van der Waals surface area contributed by atoms with E-state index in [0.717, 1.165) is 37.1 Å². The molecular weight excluding hydrogens is 400 g/mol. The van der Waals surface area contributed by atoms with E-state index in [-0.39, 0.29) is 18.4 Å². The van der Waals surface area contributed by atoms with Gasteiger partial charge in [0.2, 0.25) is 0 Å². The van der Waals surface area contributed by atoms with Gasteiger partial charge in [-0.05, 0) is 55.0 Å². The van der Waals surface area contributed by atoms with Crippen molar-refractivity contribution in [3.8, 4) is 5.75 Å². The second kappa shape index (κ2) is 9.09. The van der Waals surface area contributed by atoms with E-state index in [1.807, 2.05) is 52.3 Å². The molecule has 1 fully saturated rings. The summed E-state index contributed by atoms with van der Waals surface area (Å²) in [7, 11) is 0. The van der Waals surface area contributed by atoms with Crippen LogP contribution in [0.1, 0.15) is 41.3 Å². The third-order valence-electron chi connectivity index (χ3n) is 6.06. The lowest BCUT2D eigenvalue weighted by Gasteiger charge is -2.31. The summed E-state index contributed by atoms with van der Waals surface area (Å²) >= 11 is 5.95. The first kappa shape index (κ1) is 20.7. The van der Waals surface area contributed by atoms with Crippen molar-refractivity contribution in [2.75, 3.05) is 26.2 Å². The van der Waals surface area contributed by atoms with Crippen molar-refractivity contribution >= 4 is 23.4 Å². The number of amides is 2. The van der Waals surface area contributed by atoms with Crippen LogP contribution in [0.3, 0.4) is 0 Å². The van der Waals surface area contributed by atoms with Gasteiger partial charge in [-0.15, -0.1) is 0 Å². The van der Waals surface area contributed by atoms with Crippen LogP contribution in [0.2, 0.25) is 5.02 Å². The van der Waals surface area contributed by atoms with Crippen LogP contribution >= 0.6 is 11.6 Å². The molecule has 0 N–H and O–H groups in total. The zero-order valence-corrected chi connectivity index (χ0v) is 18.0. The molecule has 2 aliphatic heterocycles. The summed E-state index contributed by atoms with van der Waals surface area (Å²) in [5, 5.41) is 0.685. The molecule has 0 aromatic heterocycles. The van der Waals surface area contributed by atoms with Gasteiger partial charge in [0.25, 0.3) is 11.8 Å². The molecular formula is C24H27ClN2O3. The van der Waals surface area contributed by atoms with Crippen LogP contribution in [0.25, 0.3) is 0 Å². The van der Waals surface area contributed by atoms with Gasteiger partial charge in [0, 0.05) is 42.3 Å². The van der Waals surface area contributed by atoms with Crippen molar-refractivity contribution in [3.63, 3.8) is 0 Å². The van der Waals surface area contributed by atoms with E-state index in [0.29, 0.717) is 41.8 Å². The van der Waals surface area contributed by atoms with Crippen molar-refractivity contribution in [1.29, 1.82) is 0 Å². The molecule has 30 heavy (non-hydrogen) atoms. The van der Waals surface area contributed by atoms with Gasteiger partial charge < -0.3 is 14.5 Å². The molecule has 0 aliphatic carbocycles. The van der Waals surface area contributed by atoms with E-state index in [4.69, 9.17) is 16.3 Å². The molecule has 2 aromatic carbocycles. The van der Waals surface area contributed by atoms with Crippen LogP contribution in [0.4, 0.5) is 0 Å². The molecule has 1 saturated heterocycles. The number of benzene rings is 2. The third-order valence-corrected chi connectivity index (χ3v) is 6.31. The Morgan fingerprint density at radius 2 is 1.83 bits per heavy atom. The van der Waals surface area contributed by atoms with Crippen LogP contribution in [0.5, 0.6) is 5.75 Å². The van der Waals surface area contributed by atoms with Crippen molar-refractivity contribution < 1.29 is 14.3 Å². The lowest BCUT2D eigenvalue weighted by molar-refractivity contribution is -0.134. The van der Waals surface area contributed by atoms with Crippen LogP contribution < -0.4 is 4.74 Å². The van der Waals surface area contributed by atoms with Gasteiger partial charge in [0.05, 0.1) is 0 Å². The minimum atomic E-state index is -0.00649. The van der Waals surface area contributed by atoms with Gasteiger partial charge in [0.1, 0.15) is 5.75 Å². The Bertz CT molecular complexity index is 921. The van der Waals surface area contributed by atoms with E-state index in [9.17, 15) is 9.59 Å². The lowest BCUT2D eigenvalue weighted by Crippen LogP contribution is -2.40. The highest BCUT2D eigenvalue weighted by molar-refractivity contribution is 6.30. The normalized spacial score (nSPS) is 17.1. The fraction of sp³-hybridized carbons (Fsp3) is 0.417. The van der Waals surface area contributed by atoms with Gasteiger partial charge in [0.15, 0.2) is 6.61 Å². The summed E-state index contributed by atoms with van der Waals surface area (Å²) in [5.41, 5.74) is 2.60. The fourth-order valence-electron chi connectivity index (χ4n) is 4.13. The summed E-state index contributed by atoms with van der Waals surface area (Å²) in [5.74, 6) is 1.34. The molecule has 158 valence electrons. The lowest BCUT2D eigenvalue weighted by atomic mass is 9.97. The predicted octanol–water partition coefficient (Wildman–Crippen LogP) is 4.18. The number of ether oxygens (including phenoxy) is 1. The molecule has 0 bridgehead atoms. The Kier molecular flexibility index (Phi) is 6.28. The average molecular weight is 427 g/mol. The van der Waals surface area contributed by atoms with Crippen molar-refractivity contribution in [3.05, 3.63) is 64.2 Å². The van der Waals surface area contributed by atoms with Gasteiger partial charge in [-0.1, -0.05) is 36.7 Å². The van der Waals surface area contributed by atoms with Gasteiger partial charge in [-0.3, -0.25) is 9.59 Å². The molecule has 0 unspecified atom stereocenters. The second-order valence-corrected chi connectivity index (χ2v) is 8.67. The first-order valence-corrected chi connectivity index (χ1v) is 11.0. The third kappa shape index (κ3) is 4.62. The molecule has 2 aromatic rings. The molecule has 2 aliphatic rings. The number of hydrogen-bond acceptors (Lipinski definition) is 3. The Morgan fingerprint density at radius 1 is 1.10 bits per heavy atom. The molecule has 2 heterocycles. The van der Waals surface area contributed by atoms with E-state index >= 15 is 0 Å². The monoisotopic (exact) mass is 426 g/mol. The first-order chi connectivity index (χ1) is 14.5. The number of hydrogen-bond donors (Lipinski definition) is 0. The number of halogens is 1. The Labute approximate surface area is 182 Å². The van der Waals surface area contributed by atoms with E-state index in [1.54, 1.807) is 0 Å². The van der Waals surface area contributed by atoms with Gasteiger partial charge in [-0.25, -0.2) is 0 Å². The van der Waals surface area contributed by atoms with Crippen LogP contribution in [-0.4, -0.2) is 47.9 Å². The average Bonchev–Trinajstić information content (AvgIpc) is 2.76. The van der Waals surface area contributed by atoms with Crippen LogP contribution in [0.15, 0.2) is 42.5 Å². The molecule has 4 rings (SSSR count). The number of carbonyl (C=O) groups is 2.